The molecule has 32 heavy (non-hydrogen) atoms. The van der Waals surface area contributed by atoms with Gasteiger partial charge in [0, 0.05) is 34.1 Å². The fourth-order valence-electron chi connectivity index (χ4n) is 4.00. The average molecular weight is 442 g/mol. The van der Waals surface area contributed by atoms with Gasteiger partial charge in [0.1, 0.15) is 5.52 Å². The smallest absolute Gasteiger partial charge is 0.161 e. The number of benzene rings is 1. The van der Waals surface area contributed by atoms with Crippen LogP contribution in [0.1, 0.15) is 10.6 Å². The van der Waals surface area contributed by atoms with Gasteiger partial charge in [-0.3, -0.25) is 9.78 Å². The molecule has 0 aliphatic carbocycles. The molecule has 0 aliphatic heterocycles. The van der Waals surface area contributed by atoms with Gasteiger partial charge in [-0.25, -0.2) is 9.97 Å². The second-order valence-electron chi connectivity index (χ2n) is 7.68. The number of nitrogens with zero attached hydrogens (tertiary/aromatic N) is 5. The van der Waals surface area contributed by atoms with Crippen molar-refractivity contribution in [2.45, 2.75) is 13.5 Å². The Bertz CT molecular complexity index is 1600. The number of aliphatic hydroxyl groups excluding tert-OH is 1. The summed E-state index contributed by atoms with van der Waals surface area (Å²) in [6.45, 7) is 1.95. The number of aromatic amines is 2. The molecule has 0 unspecified atom stereocenters. The van der Waals surface area contributed by atoms with Crippen molar-refractivity contribution >= 4 is 33.4 Å². The van der Waals surface area contributed by atoms with Crippen LogP contribution >= 0.6 is 11.3 Å². The lowest BCUT2D eigenvalue weighted by Crippen LogP contribution is -1.91. The molecule has 0 bridgehead atoms. The molecule has 3 N–H and O–H groups in total. The lowest BCUT2D eigenvalue weighted by molar-refractivity contribution is 0.276. The summed E-state index contributed by atoms with van der Waals surface area (Å²) in [5.41, 5.74) is 7.24. The third-order valence-corrected chi connectivity index (χ3v) is 6.52. The Balaban J connectivity index is 1.51. The molecule has 8 nitrogen and oxygen atoms in total. The molecule has 5 aromatic heterocycles. The Morgan fingerprint density at radius 2 is 1.91 bits per heavy atom. The SMILES string of the molecule is Cc1ccc(-c2cccc3[nH]c(-c4n[nH]c5ccc(-c6cn(C)nc6CO)nc45)nc23)s1. The highest BCUT2D eigenvalue weighted by atomic mass is 32.1. The lowest BCUT2D eigenvalue weighted by Gasteiger charge is -2.00. The second kappa shape index (κ2) is 7.11. The Hall–Kier alpha value is -3.82. The van der Waals surface area contributed by atoms with Crippen LogP contribution < -0.4 is 0 Å². The Morgan fingerprint density at radius 1 is 1.00 bits per heavy atom. The minimum atomic E-state index is -0.150. The first-order valence-electron chi connectivity index (χ1n) is 10.2. The first kappa shape index (κ1) is 18.9. The van der Waals surface area contributed by atoms with E-state index in [-0.39, 0.29) is 6.61 Å². The molecule has 6 rings (SSSR count). The topological polar surface area (TPSA) is 108 Å². The maximum Gasteiger partial charge on any atom is 0.161 e. The molecule has 5 heterocycles. The normalized spacial score (nSPS) is 11.7. The van der Waals surface area contributed by atoms with Crippen LogP contribution in [0.3, 0.4) is 0 Å². The summed E-state index contributed by atoms with van der Waals surface area (Å²) < 4.78 is 1.68. The number of rotatable bonds is 4. The zero-order valence-corrected chi connectivity index (χ0v) is 18.2. The summed E-state index contributed by atoms with van der Waals surface area (Å²) in [4.78, 5) is 15.6. The average Bonchev–Trinajstić information content (AvgIpc) is 3.57. The standard InChI is InChI=1S/C23H19N7OS/c1-12-6-9-19(32-12)13-4-3-5-16-20(13)26-23(25-16)22-21-17(27-28-22)8-7-15(24-21)14-10-30(2)29-18(14)11-31/h3-10,31H,11H2,1-2H3,(H,25,26)(H,27,28). The molecule has 6 aromatic rings. The van der Waals surface area contributed by atoms with E-state index in [0.717, 1.165) is 33.4 Å². The van der Waals surface area contributed by atoms with Crippen molar-refractivity contribution in [3.63, 3.8) is 0 Å². The van der Waals surface area contributed by atoms with E-state index in [0.29, 0.717) is 22.7 Å². The van der Waals surface area contributed by atoms with E-state index in [9.17, 15) is 5.11 Å². The van der Waals surface area contributed by atoms with Crippen LogP contribution in [0, 0.1) is 6.92 Å². The number of aromatic nitrogens is 7. The number of H-pyrrole nitrogens is 2. The molecule has 0 fully saturated rings. The monoisotopic (exact) mass is 441 g/mol. The van der Waals surface area contributed by atoms with Crippen molar-refractivity contribution in [2.24, 2.45) is 7.05 Å². The van der Waals surface area contributed by atoms with E-state index in [1.54, 1.807) is 16.0 Å². The fraction of sp³-hybridized carbons (Fsp3) is 0.130. The van der Waals surface area contributed by atoms with Gasteiger partial charge in [-0.1, -0.05) is 12.1 Å². The van der Waals surface area contributed by atoms with Gasteiger partial charge in [0.15, 0.2) is 11.5 Å². The van der Waals surface area contributed by atoms with Crippen molar-refractivity contribution in [1.82, 2.24) is 34.9 Å². The van der Waals surface area contributed by atoms with Crippen LogP contribution in [-0.4, -0.2) is 40.0 Å². The number of hydrogen-bond donors (Lipinski definition) is 3. The van der Waals surface area contributed by atoms with Crippen LogP contribution in [0.15, 0.2) is 48.7 Å². The molecule has 0 amide bonds. The number of hydrogen-bond acceptors (Lipinski definition) is 6. The van der Waals surface area contributed by atoms with E-state index in [4.69, 9.17) is 9.97 Å². The quantitative estimate of drug-likeness (QED) is 0.375. The molecule has 0 saturated heterocycles. The third-order valence-electron chi connectivity index (χ3n) is 5.48. The molecule has 0 radical (unpaired) electrons. The Kier molecular flexibility index (Phi) is 4.20. The highest BCUT2D eigenvalue weighted by Crippen LogP contribution is 2.35. The number of fused-ring (bicyclic) bond motifs is 2. The maximum absolute atomic E-state index is 9.66. The van der Waals surface area contributed by atoms with Gasteiger partial charge in [0.05, 0.1) is 34.5 Å². The van der Waals surface area contributed by atoms with Crippen LogP contribution in [0.2, 0.25) is 0 Å². The summed E-state index contributed by atoms with van der Waals surface area (Å²) in [6, 6.07) is 14.2. The third kappa shape index (κ3) is 2.94. The van der Waals surface area contributed by atoms with Crippen molar-refractivity contribution in [3.8, 4) is 33.2 Å². The van der Waals surface area contributed by atoms with Crippen LogP contribution in [-0.2, 0) is 13.7 Å². The van der Waals surface area contributed by atoms with Gasteiger partial charge in [0.25, 0.3) is 0 Å². The van der Waals surface area contributed by atoms with E-state index in [2.05, 4.69) is 45.4 Å². The highest BCUT2D eigenvalue weighted by molar-refractivity contribution is 7.15. The van der Waals surface area contributed by atoms with Crippen molar-refractivity contribution in [2.75, 3.05) is 0 Å². The summed E-state index contributed by atoms with van der Waals surface area (Å²) >= 11 is 1.75. The molecular weight excluding hydrogens is 422 g/mol. The number of thiophene rings is 1. The number of imidazole rings is 1. The summed E-state index contributed by atoms with van der Waals surface area (Å²) in [5, 5.41) is 21.5. The molecule has 0 aliphatic rings. The number of nitrogens with one attached hydrogen (secondary N) is 2. The first-order chi connectivity index (χ1) is 15.6. The van der Waals surface area contributed by atoms with Gasteiger partial charge >= 0.3 is 0 Å². The zero-order chi connectivity index (χ0) is 21.8. The highest BCUT2D eigenvalue weighted by Gasteiger charge is 2.18. The van der Waals surface area contributed by atoms with E-state index >= 15 is 0 Å². The van der Waals surface area contributed by atoms with Crippen LogP contribution in [0.5, 0.6) is 0 Å². The Morgan fingerprint density at radius 3 is 2.72 bits per heavy atom. The zero-order valence-electron chi connectivity index (χ0n) is 17.4. The van der Waals surface area contributed by atoms with Gasteiger partial charge in [-0.05, 0) is 37.3 Å². The van der Waals surface area contributed by atoms with Gasteiger partial charge in [-0.2, -0.15) is 10.2 Å². The number of aliphatic hydroxyl groups is 1. The molecule has 9 heteroatoms. The predicted molar refractivity (Wildman–Crippen MR) is 125 cm³/mol. The lowest BCUT2D eigenvalue weighted by atomic mass is 10.1. The van der Waals surface area contributed by atoms with Crippen molar-refractivity contribution in [3.05, 3.63) is 59.2 Å². The van der Waals surface area contributed by atoms with Crippen molar-refractivity contribution < 1.29 is 5.11 Å². The van der Waals surface area contributed by atoms with E-state index in [1.165, 1.54) is 9.75 Å². The molecule has 0 spiro atoms. The van der Waals surface area contributed by atoms with Gasteiger partial charge in [0.2, 0.25) is 0 Å². The molecule has 0 atom stereocenters. The number of pyridine rings is 1. The molecule has 1 aromatic carbocycles. The van der Waals surface area contributed by atoms with Crippen LogP contribution in [0.25, 0.3) is 55.3 Å². The summed E-state index contributed by atoms with van der Waals surface area (Å²) in [5.74, 6) is 0.658. The van der Waals surface area contributed by atoms with Crippen molar-refractivity contribution in [1.29, 1.82) is 0 Å². The largest absolute Gasteiger partial charge is 0.390 e. The predicted octanol–water partition coefficient (Wildman–Crippen LogP) is 4.43. The molecular formula is C23H19N7OS. The second-order valence-corrected chi connectivity index (χ2v) is 8.97. The van der Waals surface area contributed by atoms with Crippen LogP contribution in [0.4, 0.5) is 0 Å². The number of para-hydroxylation sites is 1. The fourth-order valence-corrected chi connectivity index (χ4v) is 4.90. The van der Waals surface area contributed by atoms with E-state index in [1.807, 2.05) is 37.5 Å². The number of aryl methyl sites for hydroxylation is 2. The summed E-state index contributed by atoms with van der Waals surface area (Å²) in [6.07, 6.45) is 1.86. The molecule has 158 valence electrons. The van der Waals surface area contributed by atoms with Gasteiger partial charge < -0.3 is 10.1 Å². The van der Waals surface area contributed by atoms with E-state index < -0.39 is 0 Å². The maximum atomic E-state index is 9.66. The minimum absolute atomic E-state index is 0.150. The van der Waals surface area contributed by atoms with Gasteiger partial charge in [-0.15, -0.1) is 11.3 Å². The molecule has 0 saturated carbocycles. The first-order valence-corrected chi connectivity index (χ1v) is 11.0. The summed E-state index contributed by atoms with van der Waals surface area (Å²) in [7, 11) is 1.82. The minimum Gasteiger partial charge on any atom is -0.390 e. The Labute approximate surface area is 186 Å².